The van der Waals surface area contributed by atoms with E-state index in [4.69, 9.17) is 4.74 Å². The second-order valence-corrected chi connectivity index (χ2v) is 11.3. The second kappa shape index (κ2) is 9.38. The molecule has 5 rings (SSSR count). The van der Waals surface area contributed by atoms with Gasteiger partial charge >= 0.3 is 0 Å². The van der Waals surface area contributed by atoms with E-state index >= 15 is 0 Å². The van der Waals surface area contributed by atoms with Crippen molar-refractivity contribution in [2.24, 2.45) is 0 Å². The molecule has 0 radical (unpaired) electrons. The molecule has 0 unspecified atom stereocenters. The second-order valence-electron chi connectivity index (χ2n) is 9.39. The molecule has 3 aromatic rings. The Morgan fingerprint density at radius 2 is 1.74 bits per heavy atom. The van der Waals surface area contributed by atoms with Crippen LogP contribution in [0.4, 0.5) is 5.69 Å². The Balaban J connectivity index is 1.40. The number of anilines is 1. The summed E-state index contributed by atoms with van der Waals surface area (Å²) in [5.74, 6) is 0.0395. The number of benzene rings is 3. The number of carbonyl (C=O) groups is 1. The molecular formula is C28H30N2O4S. The van der Waals surface area contributed by atoms with E-state index in [1.807, 2.05) is 19.9 Å². The van der Waals surface area contributed by atoms with Crippen LogP contribution in [0.1, 0.15) is 48.1 Å². The lowest BCUT2D eigenvalue weighted by Crippen LogP contribution is -2.51. The largest absolute Gasteiger partial charge is 0.476 e. The Morgan fingerprint density at radius 3 is 2.51 bits per heavy atom. The van der Waals surface area contributed by atoms with Crippen molar-refractivity contribution in [1.29, 1.82) is 0 Å². The molecule has 6 nitrogen and oxygen atoms in total. The Kier molecular flexibility index (Phi) is 6.28. The van der Waals surface area contributed by atoms with Gasteiger partial charge in [-0.3, -0.25) is 9.10 Å². The number of hydrogen-bond donors (Lipinski definition) is 1. The minimum Gasteiger partial charge on any atom is -0.476 e. The van der Waals surface area contributed by atoms with Crippen molar-refractivity contribution >= 4 is 21.6 Å². The summed E-state index contributed by atoms with van der Waals surface area (Å²) < 4.78 is 34.4. The first-order chi connectivity index (χ1) is 16.8. The summed E-state index contributed by atoms with van der Waals surface area (Å²) in [6, 6.07) is 19.8. The molecule has 182 valence electrons. The molecule has 35 heavy (non-hydrogen) atoms. The van der Waals surface area contributed by atoms with E-state index in [0.29, 0.717) is 11.4 Å². The molecule has 2 atom stereocenters. The predicted octanol–water partition coefficient (Wildman–Crippen LogP) is 4.71. The normalized spacial score (nSPS) is 18.1. The van der Waals surface area contributed by atoms with Crippen molar-refractivity contribution in [1.82, 2.24) is 5.32 Å². The molecule has 0 saturated heterocycles. The van der Waals surface area contributed by atoms with Crippen molar-refractivity contribution in [2.45, 2.75) is 56.6 Å². The smallest absolute Gasteiger partial charge is 0.264 e. The molecule has 1 heterocycles. The quantitative estimate of drug-likeness (QED) is 0.562. The Labute approximate surface area is 207 Å². The summed E-state index contributed by atoms with van der Waals surface area (Å²) in [6.07, 6.45) is 3.62. The van der Waals surface area contributed by atoms with Crippen molar-refractivity contribution in [3.8, 4) is 5.75 Å². The zero-order chi connectivity index (χ0) is 24.6. The fourth-order valence-corrected chi connectivity index (χ4v) is 6.35. The minimum absolute atomic E-state index is 0.101. The molecule has 7 heteroatoms. The first-order valence-electron chi connectivity index (χ1n) is 12.1. The van der Waals surface area contributed by atoms with Crippen LogP contribution in [0, 0.1) is 6.92 Å². The lowest BCUT2D eigenvalue weighted by atomic mass is 9.89. The van der Waals surface area contributed by atoms with Crippen LogP contribution in [0.2, 0.25) is 0 Å². The van der Waals surface area contributed by atoms with Crippen molar-refractivity contribution in [2.75, 3.05) is 10.8 Å². The number of carbonyl (C=O) groups excluding carboxylic acids is 1. The van der Waals surface area contributed by atoms with Gasteiger partial charge in [-0.25, -0.2) is 8.42 Å². The van der Waals surface area contributed by atoms with E-state index in [-0.39, 0.29) is 23.4 Å². The average Bonchev–Trinajstić information content (AvgIpc) is 2.88. The topological polar surface area (TPSA) is 75.7 Å². The van der Waals surface area contributed by atoms with E-state index in [0.717, 1.165) is 24.0 Å². The van der Waals surface area contributed by atoms with Crippen LogP contribution in [0.25, 0.3) is 0 Å². The van der Waals surface area contributed by atoms with Gasteiger partial charge in [0.25, 0.3) is 15.9 Å². The molecule has 1 aliphatic carbocycles. The molecule has 0 spiro atoms. The van der Waals surface area contributed by atoms with Crippen LogP contribution in [0.15, 0.2) is 71.6 Å². The maximum absolute atomic E-state index is 13.5. The number of nitrogens with zero attached hydrogens (tertiary/aromatic N) is 1. The molecule has 0 aromatic heterocycles. The summed E-state index contributed by atoms with van der Waals surface area (Å²) in [5.41, 5.74) is 5.14. The highest BCUT2D eigenvalue weighted by molar-refractivity contribution is 7.92. The van der Waals surface area contributed by atoms with Gasteiger partial charge in [0.15, 0.2) is 6.10 Å². The fraction of sp³-hybridized carbons (Fsp3) is 0.321. The molecule has 3 aromatic carbocycles. The van der Waals surface area contributed by atoms with Gasteiger partial charge in [0, 0.05) is 0 Å². The van der Waals surface area contributed by atoms with Gasteiger partial charge in [0.1, 0.15) is 5.75 Å². The van der Waals surface area contributed by atoms with Crippen LogP contribution in [0.5, 0.6) is 5.75 Å². The van der Waals surface area contributed by atoms with Crippen LogP contribution in [-0.2, 0) is 27.7 Å². The maximum Gasteiger partial charge on any atom is 0.264 e. The third-order valence-electron chi connectivity index (χ3n) is 6.84. The van der Waals surface area contributed by atoms with E-state index < -0.39 is 16.1 Å². The number of ether oxygens (including phenoxy) is 1. The van der Waals surface area contributed by atoms with E-state index in [1.165, 1.54) is 28.3 Å². The highest BCUT2D eigenvalue weighted by Gasteiger charge is 2.38. The molecule has 0 saturated carbocycles. The van der Waals surface area contributed by atoms with Gasteiger partial charge in [-0.2, -0.15) is 0 Å². The summed E-state index contributed by atoms with van der Waals surface area (Å²) in [4.78, 5) is 13.5. The standard InChI is InChI=1S/C28H30N2O4S/c1-19-12-15-26-25(16-19)30(35(32,33)24-10-4-3-5-11-24)18-27(34-26)28(31)29-20(2)22-14-13-21-8-6-7-9-23(21)17-22/h3-5,10-17,20,27H,6-9,18H2,1-2H3,(H,29,31)/t20-,27-/m0/s1. The third-order valence-corrected chi connectivity index (χ3v) is 8.63. The summed E-state index contributed by atoms with van der Waals surface area (Å²) >= 11 is 0. The highest BCUT2D eigenvalue weighted by atomic mass is 32.2. The van der Waals surface area contributed by atoms with Crippen molar-refractivity contribution in [3.63, 3.8) is 0 Å². The lowest BCUT2D eigenvalue weighted by molar-refractivity contribution is -0.128. The van der Waals surface area contributed by atoms with Crippen LogP contribution >= 0.6 is 0 Å². The SMILES string of the molecule is Cc1ccc2c(c1)N(S(=O)(=O)c1ccccc1)C[C@@H](C(=O)N[C@@H](C)c1ccc3c(c1)CCCC3)O2. The summed E-state index contributed by atoms with van der Waals surface area (Å²) in [6.45, 7) is 3.74. The summed E-state index contributed by atoms with van der Waals surface area (Å²) in [5, 5.41) is 3.04. The van der Waals surface area contributed by atoms with Crippen LogP contribution < -0.4 is 14.4 Å². The van der Waals surface area contributed by atoms with Gasteiger partial charge in [0.05, 0.1) is 23.2 Å². The van der Waals surface area contributed by atoms with E-state index in [9.17, 15) is 13.2 Å². The Morgan fingerprint density at radius 1 is 1.00 bits per heavy atom. The van der Waals surface area contributed by atoms with Gasteiger partial charge in [0.2, 0.25) is 0 Å². The Bertz CT molecular complexity index is 1350. The number of hydrogen-bond acceptors (Lipinski definition) is 4. The first-order valence-corrected chi connectivity index (χ1v) is 13.5. The van der Waals surface area contributed by atoms with Crippen LogP contribution in [0.3, 0.4) is 0 Å². The minimum atomic E-state index is -3.88. The number of sulfonamides is 1. The number of fused-ring (bicyclic) bond motifs is 2. The lowest BCUT2D eigenvalue weighted by Gasteiger charge is -2.35. The van der Waals surface area contributed by atoms with Gasteiger partial charge in [-0.05, 0) is 86.1 Å². The third kappa shape index (κ3) is 4.65. The predicted molar refractivity (Wildman–Crippen MR) is 136 cm³/mol. The highest BCUT2D eigenvalue weighted by Crippen LogP contribution is 2.38. The maximum atomic E-state index is 13.5. The number of aryl methyl sites for hydroxylation is 3. The molecule has 0 fully saturated rings. The zero-order valence-corrected chi connectivity index (χ0v) is 20.8. The fourth-order valence-electron chi connectivity index (χ4n) is 4.86. The van der Waals surface area contributed by atoms with E-state index in [2.05, 4.69) is 23.5 Å². The van der Waals surface area contributed by atoms with Gasteiger partial charge < -0.3 is 10.1 Å². The van der Waals surface area contributed by atoms with Gasteiger partial charge in [-0.1, -0.05) is 42.5 Å². The number of nitrogens with one attached hydrogen (secondary N) is 1. The van der Waals surface area contributed by atoms with Crippen molar-refractivity contribution < 1.29 is 17.9 Å². The molecular weight excluding hydrogens is 460 g/mol. The molecule has 1 aliphatic heterocycles. The molecule has 1 N–H and O–H groups in total. The molecule has 1 amide bonds. The van der Waals surface area contributed by atoms with Crippen molar-refractivity contribution in [3.05, 3.63) is 89.0 Å². The molecule has 2 aliphatic rings. The average molecular weight is 491 g/mol. The number of amides is 1. The zero-order valence-electron chi connectivity index (χ0n) is 20.0. The summed E-state index contributed by atoms with van der Waals surface area (Å²) in [7, 11) is -3.88. The van der Waals surface area contributed by atoms with Crippen LogP contribution in [-0.4, -0.2) is 27.0 Å². The number of rotatable bonds is 5. The monoisotopic (exact) mass is 490 g/mol. The first kappa shape index (κ1) is 23.4. The van der Waals surface area contributed by atoms with E-state index in [1.54, 1.807) is 42.5 Å². The molecule has 0 bridgehead atoms. The Hall–Kier alpha value is -3.32. The van der Waals surface area contributed by atoms with Gasteiger partial charge in [-0.15, -0.1) is 0 Å².